The van der Waals surface area contributed by atoms with E-state index in [0.717, 1.165) is 25.0 Å². The number of carbonyl (C=O) groups is 1. The van der Waals surface area contributed by atoms with Crippen molar-refractivity contribution in [2.24, 2.45) is 0 Å². The summed E-state index contributed by atoms with van der Waals surface area (Å²) in [6.07, 6.45) is 4.10. The molecule has 2 rings (SSSR count). The predicted molar refractivity (Wildman–Crippen MR) is 76.0 cm³/mol. The van der Waals surface area contributed by atoms with E-state index in [2.05, 4.69) is 10.2 Å². The van der Waals surface area contributed by atoms with Crippen molar-refractivity contribution in [3.05, 3.63) is 18.0 Å². The summed E-state index contributed by atoms with van der Waals surface area (Å²) in [5.41, 5.74) is 6.54. The number of nitrogens with zero attached hydrogens (tertiary/aromatic N) is 3. The Labute approximate surface area is 119 Å². The van der Waals surface area contributed by atoms with Crippen molar-refractivity contribution in [3.63, 3.8) is 0 Å². The van der Waals surface area contributed by atoms with Crippen molar-refractivity contribution in [2.45, 2.75) is 51.7 Å². The average Bonchev–Trinajstić information content (AvgIpc) is 2.37. The van der Waals surface area contributed by atoms with E-state index in [9.17, 15) is 4.79 Å². The van der Waals surface area contributed by atoms with Crippen molar-refractivity contribution in [3.8, 4) is 0 Å². The Kier molecular flexibility index (Phi) is 4.11. The molecule has 1 aromatic rings. The fourth-order valence-electron chi connectivity index (χ4n) is 2.34. The fraction of sp³-hybridized carbons (Fsp3) is 0.643. The van der Waals surface area contributed by atoms with Crippen LogP contribution in [0.15, 0.2) is 12.3 Å². The molecule has 20 heavy (non-hydrogen) atoms. The van der Waals surface area contributed by atoms with Crippen molar-refractivity contribution in [1.29, 1.82) is 0 Å². The molecule has 0 bridgehead atoms. The molecule has 1 saturated heterocycles. The van der Waals surface area contributed by atoms with Gasteiger partial charge in [-0.05, 0) is 46.1 Å². The van der Waals surface area contributed by atoms with E-state index in [0.29, 0.717) is 12.2 Å². The molecular formula is C14H22N4O2. The van der Waals surface area contributed by atoms with Crippen LogP contribution >= 0.6 is 0 Å². The van der Waals surface area contributed by atoms with Gasteiger partial charge < -0.3 is 10.5 Å². The summed E-state index contributed by atoms with van der Waals surface area (Å²) < 4.78 is 5.47. The van der Waals surface area contributed by atoms with Crippen LogP contribution in [0, 0.1) is 0 Å². The Balaban J connectivity index is 2.19. The second-order valence-electron chi connectivity index (χ2n) is 6.10. The molecule has 6 nitrogen and oxygen atoms in total. The van der Waals surface area contributed by atoms with Gasteiger partial charge >= 0.3 is 6.09 Å². The van der Waals surface area contributed by atoms with Crippen LogP contribution < -0.4 is 5.73 Å². The van der Waals surface area contributed by atoms with Gasteiger partial charge in [0.05, 0.1) is 23.6 Å². The van der Waals surface area contributed by atoms with Crippen LogP contribution in [0.25, 0.3) is 0 Å². The number of rotatable bonds is 1. The van der Waals surface area contributed by atoms with Gasteiger partial charge in [-0.25, -0.2) is 4.79 Å². The number of ether oxygens (including phenoxy) is 1. The van der Waals surface area contributed by atoms with Gasteiger partial charge in [-0.2, -0.15) is 10.2 Å². The summed E-state index contributed by atoms with van der Waals surface area (Å²) in [6.45, 7) is 6.27. The quantitative estimate of drug-likeness (QED) is 0.853. The number of hydrogen-bond donors (Lipinski definition) is 1. The zero-order chi connectivity index (χ0) is 14.8. The summed E-state index contributed by atoms with van der Waals surface area (Å²) in [7, 11) is 0. The Bertz CT molecular complexity index is 484. The summed E-state index contributed by atoms with van der Waals surface area (Å²) in [5.74, 6) is 0. The minimum Gasteiger partial charge on any atom is -0.444 e. The number of anilines is 1. The highest BCUT2D eigenvalue weighted by Crippen LogP contribution is 2.31. The minimum absolute atomic E-state index is 0.102. The Hall–Kier alpha value is -1.85. The Morgan fingerprint density at radius 2 is 2.20 bits per heavy atom. The molecule has 0 aliphatic carbocycles. The van der Waals surface area contributed by atoms with Gasteiger partial charge in [0.1, 0.15) is 5.60 Å². The highest BCUT2D eigenvalue weighted by atomic mass is 16.6. The highest BCUT2D eigenvalue weighted by Gasteiger charge is 2.32. The van der Waals surface area contributed by atoms with Crippen LogP contribution in [0.4, 0.5) is 10.5 Å². The number of nitrogen functional groups attached to an aromatic ring is 1. The monoisotopic (exact) mass is 278 g/mol. The Morgan fingerprint density at radius 1 is 1.45 bits per heavy atom. The van der Waals surface area contributed by atoms with E-state index >= 15 is 0 Å². The molecule has 0 radical (unpaired) electrons. The van der Waals surface area contributed by atoms with Crippen LogP contribution in [0.1, 0.15) is 51.8 Å². The van der Waals surface area contributed by atoms with Gasteiger partial charge in [0, 0.05) is 6.54 Å². The molecule has 1 aromatic heterocycles. The minimum atomic E-state index is -0.500. The van der Waals surface area contributed by atoms with Crippen molar-refractivity contribution in [1.82, 2.24) is 15.1 Å². The van der Waals surface area contributed by atoms with E-state index in [-0.39, 0.29) is 12.1 Å². The molecule has 2 N–H and O–H groups in total. The molecule has 1 aliphatic rings. The normalized spacial score (nSPS) is 19.8. The van der Waals surface area contributed by atoms with Crippen molar-refractivity contribution >= 4 is 11.8 Å². The number of piperidine rings is 1. The number of carbonyl (C=O) groups excluding carboxylic acids is 1. The second kappa shape index (κ2) is 5.64. The third-order valence-corrected chi connectivity index (χ3v) is 3.17. The highest BCUT2D eigenvalue weighted by molar-refractivity contribution is 5.69. The van der Waals surface area contributed by atoms with Gasteiger partial charge in [0.15, 0.2) is 0 Å². The van der Waals surface area contributed by atoms with Gasteiger partial charge in [-0.15, -0.1) is 0 Å². The molecule has 1 fully saturated rings. The molecule has 1 amide bonds. The van der Waals surface area contributed by atoms with E-state index < -0.39 is 5.60 Å². The Morgan fingerprint density at radius 3 is 2.85 bits per heavy atom. The first-order chi connectivity index (χ1) is 9.37. The van der Waals surface area contributed by atoms with Gasteiger partial charge in [-0.3, -0.25) is 4.90 Å². The molecule has 1 atom stereocenters. The standard InChI is InChI=1S/C14H22N4O2/c1-14(2,3)20-13(19)18-7-5-4-6-12(18)11-8-10(15)9-16-17-11/h8-9,12H,4-7H2,1-3H3,(H2,15,17)/t12-/m0/s1. The molecule has 0 saturated carbocycles. The van der Waals surface area contributed by atoms with Gasteiger partial charge in [-0.1, -0.05) is 0 Å². The lowest BCUT2D eigenvalue weighted by Gasteiger charge is -2.36. The molecule has 6 heteroatoms. The van der Waals surface area contributed by atoms with Crippen LogP contribution in [0.5, 0.6) is 0 Å². The first-order valence-electron chi connectivity index (χ1n) is 6.94. The SMILES string of the molecule is CC(C)(C)OC(=O)N1CCCC[C@H]1c1cc(N)cnn1. The largest absolute Gasteiger partial charge is 0.444 e. The molecular weight excluding hydrogens is 256 g/mol. The average molecular weight is 278 g/mol. The number of nitrogens with two attached hydrogens (primary N) is 1. The molecule has 1 aliphatic heterocycles. The lowest BCUT2D eigenvalue weighted by atomic mass is 9.99. The van der Waals surface area contributed by atoms with Crippen LogP contribution in [-0.4, -0.2) is 33.3 Å². The maximum Gasteiger partial charge on any atom is 0.410 e. The molecule has 0 spiro atoms. The zero-order valence-corrected chi connectivity index (χ0v) is 12.3. The summed E-state index contributed by atoms with van der Waals surface area (Å²) in [4.78, 5) is 14.0. The van der Waals surface area contributed by atoms with Crippen LogP contribution in [-0.2, 0) is 4.74 Å². The number of aromatic nitrogens is 2. The molecule has 2 heterocycles. The predicted octanol–water partition coefficient (Wildman–Crippen LogP) is 2.52. The van der Waals surface area contributed by atoms with E-state index in [4.69, 9.17) is 10.5 Å². The molecule has 0 unspecified atom stereocenters. The van der Waals surface area contributed by atoms with Crippen LogP contribution in [0.2, 0.25) is 0 Å². The summed E-state index contributed by atoms with van der Waals surface area (Å²) >= 11 is 0. The maximum atomic E-state index is 12.3. The van der Waals surface area contributed by atoms with Crippen LogP contribution in [0.3, 0.4) is 0 Å². The lowest BCUT2D eigenvalue weighted by molar-refractivity contribution is 0.00891. The number of amides is 1. The van der Waals surface area contributed by atoms with Gasteiger partial charge in [0.25, 0.3) is 0 Å². The zero-order valence-electron chi connectivity index (χ0n) is 12.3. The van der Waals surface area contributed by atoms with Crippen molar-refractivity contribution < 1.29 is 9.53 Å². The first-order valence-corrected chi connectivity index (χ1v) is 6.94. The topological polar surface area (TPSA) is 81.3 Å². The second-order valence-corrected chi connectivity index (χ2v) is 6.10. The maximum absolute atomic E-state index is 12.3. The van der Waals surface area contributed by atoms with E-state index in [1.165, 1.54) is 6.20 Å². The lowest BCUT2D eigenvalue weighted by Crippen LogP contribution is -2.42. The van der Waals surface area contributed by atoms with E-state index in [1.807, 2.05) is 20.8 Å². The molecule has 0 aromatic carbocycles. The number of hydrogen-bond acceptors (Lipinski definition) is 5. The fourth-order valence-corrected chi connectivity index (χ4v) is 2.34. The summed E-state index contributed by atoms with van der Waals surface area (Å²) in [6, 6.07) is 1.68. The van der Waals surface area contributed by atoms with Crippen molar-refractivity contribution in [2.75, 3.05) is 12.3 Å². The van der Waals surface area contributed by atoms with Gasteiger partial charge in [0.2, 0.25) is 0 Å². The third-order valence-electron chi connectivity index (χ3n) is 3.17. The number of likely N-dealkylation sites (tertiary alicyclic amines) is 1. The first kappa shape index (κ1) is 14.6. The van der Waals surface area contributed by atoms with E-state index in [1.54, 1.807) is 11.0 Å². The third kappa shape index (κ3) is 3.59. The molecule has 110 valence electrons. The summed E-state index contributed by atoms with van der Waals surface area (Å²) in [5, 5.41) is 7.99. The smallest absolute Gasteiger partial charge is 0.410 e.